The van der Waals surface area contributed by atoms with Crippen LogP contribution in [0.3, 0.4) is 0 Å². The van der Waals surface area contributed by atoms with E-state index in [-0.39, 0.29) is 0 Å². The summed E-state index contributed by atoms with van der Waals surface area (Å²) in [7, 11) is 0. The molecule has 0 bridgehead atoms. The van der Waals surface area contributed by atoms with E-state index in [0.717, 1.165) is 0 Å². The van der Waals surface area contributed by atoms with E-state index in [4.69, 9.17) is 0 Å². The average molecular weight is 150 g/mol. The van der Waals surface area contributed by atoms with Crippen molar-refractivity contribution < 1.29 is 0 Å². The summed E-state index contributed by atoms with van der Waals surface area (Å²) in [5.74, 6) is 1.15. The highest BCUT2D eigenvalue weighted by Gasteiger charge is 2.02. The standard InChI is InChI=1S/C11H18/c1-5-7-8-9-11(6-2)10(3)4/h5-11H,2H2,1,3-4H3/b7-5+,9-8+. The summed E-state index contributed by atoms with van der Waals surface area (Å²) in [6, 6.07) is 0. The van der Waals surface area contributed by atoms with Crippen LogP contribution in [0.1, 0.15) is 20.8 Å². The molecule has 62 valence electrons. The van der Waals surface area contributed by atoms with Crippen LogP contribution in [-0.2, 0) is 0 Å². The van der Waals surface area contributed by atoms with Crippen molar-refractivity contribution in [2.45, 2.75) is 20.8 Å². The zero-order valence-corrected chi connectivity index (χ0v) is 7.75. The minimum absolute atomic E-state index is 0.506. The van der Waals surface area contributed by atoms with Crippen molar-refractivity contribution in [3.05, 3.63) is 37.0 Å². The molecule has 0 aliphatic carbocycles. The number of rotatable bonds is 4. The lowest BCUT2D eigenvalue weighted by molar-refractivity contribution is 0.551. The first-order chi connectivity index (χ1) is 5.22. The van der Waals surface area contributed by atoms with E-state index < -0.39 is 0 Å². The Hall–Kier alpha value is -0.780. The second kappa shape index (κ2) is 5.96. The van der Waals surface area contributed by atoms with Gasteiger partial charge in [0.25, 0.3) is 0 Å². The van der Waals surface area contributed by atoms with Gasteiger partial charge in [-0.1, -0.05) is 44.2 Å². The summed E-state index contributed by atoms with van der Waals surface area (Å²) in [5.41, 5.74) is 0. The summed E-state index contributed by atoms with van der Waals surface area (Å²) < 4.78 is 0. The zero-order valence-electron chi connectivity index (χ0n) is 7.75. The van der Waals surface area contributed by atoms with Gasteiger partial charge in [-0.15, -0.1) is 6.58 Å². The highest BCUT2D eigenvalue weighted by molar-refractivity contribution is 5.07. The maximum absolute atomic E-state index is 3.79. The van der Waals surface area contributed by atoms with E-state index in [1.54, 1.807) is 0 Å². The summed E-state index contributed by atoms with van der Waals surface area (Å²) in [4.78, 5) is 0. The molecule has 1 atom stereocenters. The van der Waals surface area contributed by atoms with E-state index >= 15 is 0 Å². The van der Waals surface area contributed by atoms with E-state index in [1.807, 2.05) is 25.2 Å². The minimum atomic E-state index is 0.506. The quantitative estimate of drug-likeness (QED) is 0.424. The predicted octanol–water partition coefficient (Wildman–Crippen LogP) is 3.58. The lowest BCUT2D eigenvalue weighted by Gasteiger charge is -2.10. The molecule has 0 aliphatic heterocycles. The molecule has 0 amide bonds. The molecule has 0 heteroatoms. The summed E-state index contributed by atoms with van der Waals surface area (Å²) in [6.07, 6.45) is 10.3. The summed E-state index contributed by atoms with van der Waals surface area (Å²) in [6.45, 7) is 10.2. The van der Waals surface area contributed by atoms with Crippen molar-refractivity contribution >= 4 is 0 Å². The van der Waals surface area contributed by atoms with Gasteiger partial charge in [0.2, 0.25) is 0 Å². The fourth-order valence-electron chi connectivity index (χ4n) is 0.877. The van der Waals surface area contributed by atoms with Gasteiger partial charge in [0.15, 0.2) is 0 Å². The van der Waals surface area contributed by atoms with Crippen molar-refractivity contribution in [3.63, 3.8) is 0 Å². The van der Waals surface area contributed by atoms with Gasteiger partial charge in [-0.3, -0.25) is 0 Å². The van der Waals surface area contributed by atoms with Gasteiger partial charge in [-0.05, 0) is 18.8 Å². The van der Waals surface area contributed by atoms with Crippen molar-refractivity contribution in [2.75, 3.05) is 0 Å². The van der Waals surface area contributed by atoms with E-state index in [0.29, 0.717) is 11.8 Å². The maximum Gasteiger partial charge on any atom is -0.00300 e. The third-order valence-electron chi connectivity index (χ3n) is 1.68. The van der Waals surface area contributed by atoms with Crippen LogP contribution in [0.4, 0.5) is 0 Å². The molecular weight excluding hydrogens is 132 g/mol. The van der Waals surface area contributed by atoms with E-state index in [9.17, 15) is 0 Å². The summed E-state index contributed by atoms with van der Waals surface area (Å²) >= 11 is 0. The Morgan fingerprint density at radius 1 is 1.18 bits per heavy atom. The van der Waals surface area contributed by atoms with Crippen LogP contribution in [-0.4, -0.2) is 0 Å². The SMILES string of the molecule is C=CC(/C=C/C=C/C)C(C)C. The Balaban J connectivity index is 3.96. The molecule has 1 unspecified atom stereocenters. The highest BCUT2D eigenvalue weighted by Crippen LogP contribution is 2.12. The number of hydrogen-bond donors (Lipinski definition) is 0. The Bertz CT molecular complexity index is 149. The smallest absolute Gasteiger partial charge is 0.00300 e. The molecule has 0 rings (SSSR count). The van der Waals surface area contributed by atoms with Crippen LogP contribution in [0.15, 0.2) is 37.0 Å². The molecule has 0 N–H and O–H groups in total. The van der Waals surface area contributed by atoms with Gasteiger partial charge in [0, 0.05) is 0 Å². The second-order valence-corrected chi connectivity index (χ2v) is 2.97. The molecule has 0 saturated carbocycles. The van der Waals surface area contributed by atoms with Crippen molar-refractivity contribution in [1.82, 2.24) is 0 Å². The van der Waals surface area contributed by atoms with Gasteiger partial charge in [-0.2, -0.15) is 0 Å². The molecule has 0 aromatic heterocycles. The molecule has 0 aliphatic rings. The zero-order chi connectivity index (χ0) is 8.69. The third kappa shape index (κ3) is 4.60. The molecule has 0 nitrogen and oxygen atoms in total. The first-order valence-corrected chi connectivity index (χ1v) is 4.14. The predicted molar refractivity (Wildman–Crippen MR) is 52.5 cm³/mol. The monoisotopic (exact) mass is 150 g/mol. The van der Waals surface area contributed by atoms with Crippen LogP contribution in [0, 0.1) is 11.8 Å². The fraction of sp³-hybridized carbons (Fsp3) is 0.455. The molecule has 0 aromatic carbocycles. The van der Waals surface area contributed by atoms with Gasteiger partial charge >= 0.3 is 0 Å². The fourth-order valence-corrected chi connectivity index (χ4v) is 0.877. The average Bonchev–Trinajstić information content (AvgIpc) is 1.97. The molecule has 0 fully saturated rings. The van der Waals surface area contributed by atoms with Crippen LogP contribution in [0.5, 0.6) is 0 Å². The lowest BCUT2D eigenvalue weighted by atomic mass is 9.96. The van der Waals surface area contributed by atoms with Crippen LogP contribution >= 0.6 is 0 Å². The topological polar surface area (TPSA) is 0 Å². The van der Waals surface area contributed by atoms with Gasteiger partial charge in [0.1, 0.15) is 0 Å². The third-order valence-corrected chi connectivity index (χ3v) is 1.68. The first-order valence-electron chi connectivity index (χ1n) is 4.14. The second-order valence-electron chi connectivity index (χ2n) is 2.97. The minimum Gasteiger partial charge on any atom is -0.102 e. The maximum atomic E-state index is 3.79. The van der Waals surface area contributed by atoms with Gasteiger partial charge < -0.3 is 0 Å². The molecule has 0 heterocycles. The normalized spacial score (nSPS) is 14.9. The van der Waals surface area contributed by atoms with Crippen molar-refractivity contribution in [2.24, 2.45) is 11.8 Å². The van der Waals surface area contributed by atoms with Gasteiger partial charge in [-0.25, -0.2) is 0 Å². The molecular formula is C11H18. The van der Waals surface area contributed by atoms with Crippen molar-refractivity contribution in [1.29, 1.82) is 0 Å². The van der Waals surface area contributed by atoms with E-state index in [1.165, 1.54) is 0 Å². The van der Waals surface area contributed by atoms with Crippen LogP contribution < -0.4 is 0 Å². The van der Waals surface area contributed by atoms with Crippen molar-refractivity contribution in [3.8, 4) is 0 Å². The number of hydrogen-bond acceptors (Lipinski definition) is 0. The molecule has 0 spiro atoms. The Labute approximate surface area is 70.3 Å². The highest BCUT2D eigenvalue weighted by atomic mass is 14.1. The Kier molecular flexibility index (Phi) is 5.54. The first kappa shape index (κ1) is 10.2. The van der Waals surface area contributed by atoms with Crippen LogP contribution in [0.25, 0.3) is 0 Å². The largest absolute Gasteiger partial charge is 0.102 e. The lowest BCUT2D eigenvalue weighted by Crippen LogP contribution is -2.00. The van der Waals surface area contributed by atoms with Crippen LogP contribution in [0.2, 0.25) is 0 Å². The Morgan fingerprint density at radius 2 is 1.82 bits per heavy atom. The molecule has 11 heavy (non-hydrogen) atoms. The molecule has 0 radical (unpaired) electrons. The van der Waals surface area contributed by atoms with E-state index in [2.05, 4.69) is 32.6 Å². The summed E-state index contributed by atoms with van der Waals surface area (Å²) in [5, 5.41) is 0. The molecule has 0 aromatic rings. The van der Waals surface area contributed by atoms with Gasteiger partial charge in [0.05, 0.1) is 0 Å². The Morgan fingerprint density at radius 3 is 2.18 bits per heavy atom. The number of allylic oxidation sites excluding steroid dienone is 5. The molecule has 0 saturated heterocycles.